The molecule has 5 nitrogen and oxygen atoms in total. The van der Waals surface area contributed by atoms with Crippen LogP contribution in [-0.4, -0.2) is 22.5 Å². The molecule has 0 N–H and O–H groups in total. The SMILES string of the molecule is COC(=O)c1cccc(OCc2nc3ccccn3c2C#Cc2cccc(C(F)(F)F)c2)c1. The van der Waals surface area contributed by atoms with Crippen molar-refractivity contribution in [3.63, 3.8) is 0 Å². The second-order valence-corrected chi connectivity index (χ2v) is 6.97. The van der Waals surface area contributed by atoms with Crippen LogP contribution in [-0.2, 0) is 17.5 Å². The number of hydrogen-bond donors (Lipinski definition) is 0. The minimum Gasteiger partial charge on any atom is -0.487 e. The molecule has 4 rings (SSSR count). The van der Waals surface area contributed by atoms with Gasteiger partial charge in [-0.15, -0.1) is 0 Å². The first kappa shape index (κ1) is 22.0. The second kappa shape index (κ2) is 9.09. The number of ether oxygens (including phenoxy) is 2. The number of rotatable bonds is 4. The van der Waals surface area contributed by atoms with Crippen molar-refractivity contribution in [2.24, 2.45) is 0 Å². The minimum absolute atomic E-state index is 0.0406. The summed E-state index contributed by atoms with van der Waals surface area (Å²) in [5.74, 6) is 5.68. The van der Waals surface area contributed by atoms with Gasteiger partial charge in [-0.3, -0.25) is 4.40 Å². The lowest BCUT2D eigenvalue weighted by molar-refractivity contribution is -0.137. The first-order valence-electron chi connectivity index (χ1n) is 9.81. The topological polar surface area (TPSA) is 52.8 Å². The van der Waals surface area contributed by atoms with Crippen LogP contribution in [0.15, 0.2) is 72.9 Å². The van der Waals surface area contributed by atoms with Crippen molar-refractivity contribution in [1.29, 1.82) is 0 Å². The van der Waals surface area contributed by atoms with Gasteiger partial charge in [0.25, 0.3) is 0 Å². The molecule has 8 heteroatoms. The molecular weight excluding hydrogens is 433 g/mol. The molecular formula is C25H17F3N2O3. The molecule has 0 aliphatic carbocycles. The molecule has 4 aromatic rings. The zero-order valence-corrected chi connectivity index (χ0v) is 17.4. The van der Waals surface area contributed by atoms with Gasteiger partial charge in [-0.2, -0.15) is 13.2 Å². The molecule has 2 aromatic heterocycles. The van der Waals surface area contributed by atoms with Gasteiger partial charge in [-0.05, 0) is 54.5 Å². The van der Waals surface area contributed by atoms with Gasteiger partial charge < -0.3 is 9.47 Å². The molecule has 0 amide bonds. The number of halogens is 3. The van der Waals surface area contributed by atoms with Gasteiger partial charge in [0.05, 0.1) is 18.2 Å². The molecule has 0 fully saturated rings. The Morgan fingerprint density at radius 2 is 1.85 bits per heavy atom. The zero-order chi connectivity index (χ0) is 23.4. The molecule has 0 radical (unpaired) electrons. The molecule has 33 heavy (non-hydrogen) atoms. The summed E-state index contributed by atoms with van der Waals surface area (Å²) >= 11 is 0. The van der Waals surface area contributed by atoms with Crippen molar-refractivity contribution in [3.05, 3.63) is 101 Å². The average molecular weight is 450 g/mol. The van der Waals surface area contributed by atoms with Gasteiger partial charge in [0.15, 0.2) is 0 Å². The first-order chi connectivity index (χ1) is 15.8. The number of alkyl halides is 3. The van der Waals surface area contributed by atoms with E-state index < -0.39 is 17.7 Å². The summed E-state index contributed by atoms with van der Waals surface area (Å²) in [5, 5.41) is 0. The van der Waals surface area contributed by atoms with Gasteiger partial charge in [-0.25, -0.2) is 9.78 Å². The van der Waals surface area contributed by atoms with E-state index in [9.17, 15) is 18.0 Å². The maximum absolute atomic E-state index is 13.0. The zero-order valence-electron chi connectivity index (χ0n) is 17.4. The Hall–Kier alpha value is -4.25. The summed E-state index contributed by atoms with van der Waals surface area (Å²) in [6.07, 6.45) is -2.68. The quantitative estimate of drug-likeness (QED) is 0.320. The van der Waals surface area contributed by atoms with Gasteiger partial charge in [-0.1, -0.05) is 24.1 Å². The van der Waals surface area contributed by atoms with Crippen LogP contribution >= 0.6 is 0 Å². The highest BCUT2D eigenvalue weighted by Crippen LogP contribution is 2.29. The Bertz CT molecular complexity index is 1380. The number of nitrogens with zero attached hydrogens (tertiary/aromatic N) is 2. The third-order valence-electron chi connectivity index (χ3n) is 4.75. The Balaban J connectivity index is 1.65. The maximum Gasteiger partial charge on any atom is 0.416 e. The normalized spacial score (nSPS) is 11.0. The van der Waals surface area contributed by atoms with E-state index >= 15 is 0 Å². The van der Waals surface area contributed by atoms with E-state index in [1.165, 1.54) is 19.2 Å². The van der Waals surface area contributed by atoms with Crippen LogP contribution < -0.4 is 4.74 Å². The molecule has 0 bridgehead atoms. The molecule has 0 atom stereocenters. The lowest BCUT2D eigenvalue weighted by Crippen LogP contribution is -2.04. The van der Waals surface area contributed by atoms with Crippen molar-refractivity contribution >= 4 is 11.6 Å². The van der Waals surface area contributed by atoms with Crippen LogP contribution in [0.4, 0.5) is 13.2 Å². The molecule has 0 spiro atoms. The number of aromatic nitrogens is 2. The van der Waals surface area contributed by atoms with E-state index in [-0.39, 0.29) is 12.2 Å². The van der Waals surface area contributed by atoms with E-state index in [1.807, 2.05) is 6.07 Å². The Morgan fingerprint density at radius 3 is 2.64 bits per heavy atom. The summed E-state index contributed by atoms with van der Waals surface area (Å²) in [6, 6.07) is 16.8. The second-order valence-electron chi connectivity index (χ2n) is 6.97. The van der Waals surface area contributed by atoms with Crippen LogP contribution in [0.2, 0.25) is 0 Å². The number of hydrogen-bond acceptors (Lipinski definition) is 4. The molecule has 2 heterocycles. The molecule has 2 aromatic carbocycles. The standard InChI is InChI=1S/C25H17F3N2O3/c1-32-24(31)18-7-5-9-20(15-18)33-16-21-22(30-13-3-2-10-23(30)29-21)12-11-17-6-4-8-19(14-17)25(26,27)28/h2-10,13-15H,16H2,1H3. The number of benzene rings is 2. The fraction of sp³-hybridized carbons (Fsp3) is 0.120. The number of esters is 1. The molecule has 0 aliphatic heterocycles. The van der Waals surface area contributed by atoms with Crippen molar-refractivity contribution < 1.29 is 27.4 Å². The number of methoxy groups -OCH3 is 1. The van der Waals surface area contributed by atoms with Crippen molar-refractivity contribution in [3.8, 4) is 17.6 Å². The molecule has 0 aliphatic rings. The number of carbonyl (C=O) groups excluding carboxylic acids is 1. The van der Waals surface area contributed by atoms with Crippen LogP contribution in [0.3, 0.4) is 0 Å². The molecule has 166 valence electrons. The van der Waals surface area contributed by atoms with E-state index in [2.05, 4.69) is 16.8 Å². The number of fused-ring (bicyclic) bond motifs is 1. The lowest BCUT2D eigenvalue weighted by atomic mass is 10.1. The molecule has 0 unspecified atom stereocenters. The Kier molecular flexibility index (Phi) is 6.05. The first-order valence-corrected chi connectivity index (χ1v) is 9.81. The van der Waals surface area contributed by atoms with Crippen LogP contribution in [0, 0.1) is 11.8 Å². The number of carbonyl (C=O) groups is 1. The highest BCUT2D eigenvalue weighted by atomic mass is 19.4. The largest absolute Gasteiger partial charge is 0.487 e. The summed E-state index contributed by atoms with van der Waals surface area (Å²) in [6.45, 7) is 0.0406. The third-order valence-corrected chi connectivity index (χ3v) is 4.75. The molecule has 0 saturated heterocycles. The summed E-state index contributed by atoms with van der Waals surface area (Å²) in [5.41, 5.74) is 1.42. The van der Waals surface area contributed by atoms with Gasteiger partial charge in [0.1, 0.15) is 29.4 Å². The summed E-state index contributed by atoms with van der Waals surface area (Å²) in [4.78, 5) is 16.3. The number of pyridine rings is 1. The highest BCUT2D eigenvalue weighted by molar-refractivity contribution is 5.89. The van der Waals surface area contributed by atoms with Gasteiger partial charge in [0, 0.05) is 11.8 Å². The average Bonchev–Trinajstić information content (AvgIpc) is 3.18. The van der Waals surface area contributed by atoms with E-state index in [1.54, 1.807) is 47.0 Å². The highest BCUT2D eigenvalue weighted by Gasteiger charge is 2.30. The van der Waals surface area contributed by atoms with E-state index in [0.717, 1.165) is 12.1 Å². The Labute approximate surface area is 187 Å². The predicted octanol–water partition coefficient (Wildman–Crippen LogP) is 5.12. The fourth-order valence-electron chi connectivity index (χ4n) is 3.16. The summed E-state index contributed by atoms with van der Waals surface area (Å²) < 4.78 is 51.3. The van der Waals surface area contributed by atoms with Crippen molar-refractivity contribution in [1.82, 2.24) is 9.38 Å². The predicted molar refractivity (Wildman–Crippen MR) is 115 cm³/mol. The van der Waals surface area contributed by atoms with Crippen LogP contribution in [0.25, 0.3) is 5.65 Å². The summed E-state index contributed by atoms with van der Waals surface area (Å²) in [7, 11) is 1.29. The third kappa shape index (κ3) is 4.99. The fourth-order valence-corrected chi connectivity index (χ4v) is 3.16. The number of imidazole rings is 1. The van der Waals surface area contributed by atoms with Crippen LogP contribution in [0.1, 0.15) is 32.9 Å². The minimum atomic E-state index is -4.45. The van der Waals surface area contributed by atoms with Crippen molar-refractivity contribution in [2.45, 2.75) is 12.8 Å². The van der Waals surface area contributed by atoms with Crippen molar-refractivity contribution in [2.75, 3.05) is 7.11 Å². The lowest BCUT2D eigenvalue weighted by Gasteiger charge is -2.07. The van der Waals surface area contributed by atoms with E-state index in [0.29, 0.717) is 28.3 Å². The Morgan fingerprint density at radius 1 is 1.03 bits per heavy atom. The van der Waals surface area contributed by atoms with Gasteiger partial charge >= 0.3 is 12.1 Å². The van der Waals surface area contributed by atoms with Crippen LogP contribution in [0.5, 0.6) is 5.75 Å². The smallest absolute Gasteiger partial charge is 0.416 e. The molecule has 0 saturated carbocycles. The maximum atomic E-state index is 13.0. The monoisotopic (exact) mass is 450 g/mol. The van der Waals surface area contributed by atoms with Gasteiger partial charge in [0.2, 0.25) is 0 Å². The van der Waals surface area contributed by atoms with E-state index in [4.69, 9.17) is 9.47 Å².